The summed E-state index contributed by atoms with van der Waals surface area (Å²) in [5.41, 5.74) is 5.89. The summed E-state index contributed by atoms with van der Waals surface area (Å²) in [6.45, 7) is 0.429. The maximum Gasteiger partial charge on any atom is 0.224 e. The molecule has 1 amide bonds. The number of hydrogen-bond donors (Lipinski definition) is 2. The summed E-state index contributed by atoms with van der Waals surface area (Å²) in [6, 6.07) is 14.4. The monoisotopic (exact) mass is 319 g/mol. The number of nitrogens with one attached hydrogen (secondary N) is 2. The van der Waals surface area contributed by atoms with Crippen molar-refractivity contribution in [3.8, 4) is 0 Å². The fourth-order valence-electron chi connectivity index (χ4n) is 3.42. The van der Waals surface area contributed by atoms with Gasteiger partial charge in [-0.15, -0.1) is 0 Å². The van der Waals surface area contributed by atoms with Crippen molar-refractivity contribution >= 4 is 16.9 Å². The van der Waals surface area contributed by atoms with Crippen LogP contribution < -0.4 is 5.32 Å². The Kier molecular flexibility index (Phi) is 4.03. The Bertz CT molecular complexity index is 848. The summed E-state index contributed by atoms with van der Waals surface area (Å²) in [5, 5.41) is 2.96. The summed E-state index contributed by atoms with van der Waals surface area (Å²) in [4.78, 5) is 19.9. The third kappa shape index (κ3) is 3.18. The zero-order chi connectivity index (χ0) is 16.4. The van der Waals surface area contributed by atoms with Crippen molar-refractivity contribution in [2.45, 2.75) is 38.6 Å². The number of amides is 1. The van der Waals surface area contributed by atoms with Crippen LogP contribution in [0.4, 0.5) is 0 Å². The van der Waals surface area contributed by atoms with Crippen LogP contribution in [0, 0.1) is 0 Å². The molecular weight excluding hydrogens is 298 g/mol. The summed E-state index contributed by atoms with van der Waals surface area (Å²) >= 11 is 0. The van der Waals surface area contributed by atoms with Gasteiger partial charge in [0.25, 0.3) is 0 Å². The smallest absolute Gasteiger partial charge is 0.224 e. The summed E-state index contributed by atoms with van der Waals surface area (Å²) in [6.07, 6.45) is 5.28. The van der Waals surface area contributed by atoms with E-state index in [1.165, 1.54) is 30.4 Å². The van der Waals surface area contributed by atoms with Crippen LogP contribution in [0.2, 0.25) is 0 Å². The first-order chi connectivity index (χ1) is 11.8. The van der Waals surface area contributed by atoms with E-state index < -0.39 is 0 Å². The highest BCUT2D eigenvalue weighted by atomic mass is 16.1. The molecule has 0 fully saturated rings. The number of fused-ring (bicyclic) bond motifs is 2. The molecule has 1 heterocycles. The van der Waals surface area contributed by atoms with Gasteiger partial charge in [0, 0.05) is 0 Å². The molecule has 0 saturated heterocycles. The lowest BCUT2D eigenvalue weighted by Crippen LogP contribution is -2.25. The lowest BCUT2D eigenvalue weighted by Gasteiger charge is -2.16. The minimum Gasteiger partial charge on any atom is -0.349 e. The lowest BCUT2D eigenvalue weighted by atomic mass is 9.90. The average molecular weight is 319 g/mol. The maximum absolute atomic E-state index is 12.2. The number of aromatic nitrogens is 2. The van der Waals surface area contributed by atoms with Crippen LogP contribution in [-0.2, 0) is 30.6 Å². The highest BCUT2D eigenvalue weighted by molar-refractivity contribution is 5.79. The van der Waals surface area contributed by atoms with Crippen molar-refractivity contribution in [3.63, 3.8) is 0 Å². The number of H-pyrrole nitrogens is 1. The first kappa shape index (κ1) is 14.9. The molecule has 4 nitrogen and oxygen atoms in total. The quantitative estimate of drug-likeness (QED) is 0.775. The van der Waals surface area contributed by atoms with Crippen molar-refractivity contribution in [1.82, 2.24) is 15.3 Å². The number of imidazole rings is 1. The van der Waals surface area contributed by atoms with Gasteiger partial charge in [0.1, 0.15) is 5.82 Å². The summed E-state index contributed by atoms with van der Waals surface area (Å²) in [7, 11) is 0. The van der Waals surface area contributed by atoms with Gasteiger partial charge in [-0.3, -0.25) is 4.79 Å². The van der Waals surface area contributed by atoms with Gasteiger partial charge in [0.2, 0.25) is 5.91 Å². The van der Waals surface area contributed by atoms with Crippen molar-refractivity contribution in [3.05, 3.63) is 65.0 Å². The van der Waals surface area contributed by atoms with Crippen molar-refractivity contribution in [2.75, 3.05) is 0 Å². The standard InChI is InChI=1S/C20H21N3O/c24-20(12-14-9-10-15-5-1-2-6-16(15)11-14)21-13-19-22-17-7-3-4-8-18(17)23-19/h3-4,7-11H,1-2,5-6,12-13H2,(H,21,24)(H,22,23). The number of carbonyl (C=O) groups is 1. The fraction of sp³-hybridized carbons (Fsp3) is 0.300. The summed E-state index contributed by atoms with van der Waals surface area (Å²) < 4.78 is 0. The van der Waals surface area contributed by atoms with E-state index in [1.807, 2.05) is 24.3 Å². The predicted molar refractivity (Wildman–Crippen MR) is 94.7 cm³/mol. The number of hydrogen-bond acceptors (Lipinski definition) is 2. The molecule has 2 N–H and O–H groups in total. The van der Waals surface area contributed by atoms with Crippen molar-refractivity contribution in [2.24, 2.45) is 0 Å². The molecule has 0 atom stereocenters. The SMILES string of the molecule is O=C(Cc1ccc2c(c1)CCCC2)NCc1nc2ccccc2[nH]1. The van der Waals surface area contributed by atoms with E-state index in [4.69, 9.17) is 0 Å². The Balaban J connectivity index is 1.38. The highest BCUT2D eigenvalue weighted by Gasteiger charge is 2.11. The van der Waals surface area contributed by atoms with Gasteiger partial charge in [-0.05, 0) is 54.5 Å². The van der Waals surface area contributed by atoms with E-state index in [0.29, 0.717) is 13.0 Å². The average Bonchev–Trinajstić information content (AvgIpc) is 3.03. The van der Waals surface area contributed by atoms with Crippen LogP contribution in [0.25, 0.3) is 11.0 Å². The Morgan fingerprint density at radius 1 is 1.08 bits per heavy atom. The molecule has 1 aliphatic rings. The molecule has 4 heteroatoms. The molecule has 4 rings (SSSR count). The van der Waals surface area contributed by atoms with Crippen LogP contribution >= 0.6 is 0 Å². The van der Waals surface area contributed by atoms with Crippen LogP contribution in [0.1, 0.15) is 35.4 Å². The van der Waals surface area contributed by atoms with Gasteiger partial charge in [-0.25, -0.2) is 4.98 Å². The molecule has 0 bridgehead atoms. The zero-order valence-electron chi connectivity index (χ0n) is 13.6. The van der Waals surface area contributed by atoms with Crippen LogP contribution in [0.5, 0.6) is 0 Å². The first-order valence-corrected chi connectivity index (χ1v) is 8.59. The minimum atomic E-state index is 0.0335. The van der Waals surface area contributed by atoms with E-state index in [9.17, 15) is 4.79 Å². The molecule has 0 unspecified atom stereocenters. The van der Waals surface area contributed by atoms with Crippen molar-refractivity contribution in [1.29, 1.82) is 0 Å². The van der Waals surface area contributed by atoms with Gasteiger partial charge in [0.05, 0.1) is 24.0 Å². The molecule has 0 radical (unpaired) electrons. The number of rotatable bonds is 4. The molecule has 1 aromatic heterocycles. The molecule has 1 aliphatic carbocycles. The van der Waals surface area contributed by atoms with Gasteiger partial charge in [-0.1, -0.05) is 30.3 Å². The summed E-state index contributed by atoms with van der Waals surface area (Å²) in [5.74, 6) is 0.821. The first-order valence-electron chi connectivity index (χ1n) is 8.59. The topological polar surface area (TPSA) is 57.8 Å². The van der Waals surface area contributed by atoms with E-state index in [1.54, 1.807) is 0 Å². The number of benzene rings is 2. The number of para-hydroxylation sites is 2. The Morgan fingerprint density at radius 2 is 1.92 bits per heavy atom. The molecule has 2 aromatic carbocycles. The number of aromatic amines is 1. The van der Waals surface area contributed by atoms with Crippen LogP contribution in [0.3, 0.4) is 0 Å². The van der Waals surface area contributed by atoms with Crippen LogP contribution in [0.15, 0.2) is 42.5 Å². The molecule has 0 saturated carbocycles. The molecular formula is C20H21N3O. The number of nitrogens with zero attached hydrogens (tertiary/aromatic N) is 1. The van der Waals surface area contributed by atoms with E-state index in [0.717, 1.165) is 28.8 Å². The molecule has 0 spiro atoms. The normalized spacial score (nSPS) is 13.7. The number of carbonyl (C=O) groups excluding carboxylic acids is 1. The second-order valence-electron chi connectivity index (χ2n) is 6.46. The van der Waals surface area contributed by atoms with E-state index in [2.05, 4.69) is 33.5 Å². The van der Waals surface area contributed by atoms with Gasteiger partial charge in [0.15, 0.2) is 0 Å². The van der Waals surface area contributed by atoms with E-state index >= 15 is 0 Å². The van der Waals surface area contributed by atoms with Gasteiger partial charge < -0.3 is 10.3 Å². The second-order valence-corrected chi connectivity index (χ2v) is 6.46. The molecule has 3 aromatic rings. The second kappa shape index (κ2) is 6.48. The Labute approximate surface area is 141 Å². The number of aryl methyl sites for hydroxylation is 2. The predicted octanol–water partition coefficient (Wildman–Crippen LogP) is 3.30. The fourth-order valence-corrected chi connectivity index (χ4v) is 3.42. The van der Waals surface area contributed by atoms with Crippen LogP contribution in [-0.4, -0.2) is 15.9 Å². The minimum absolute atomic E-state index is 0.0335. The Morgan fingerprint density at radius 3 is 2.79 bits per heavy atom. The van der Waals surface area contributed by atoms with Gasteiger partial charge in [-0.2, -0.15) is 0 Å². The maximum atomic E-state index is 12.2. The third-order valence-corrected chi connectivity index (χ3v) is 4.67. The van der Waals surface area contributed by atoms with Gasteiger partial charge >= 0.3 is 0 Å². The molecule has 122 valence electrons. The molecule has 0 aliphatic heterocycles. The zero-order valence-corrected chi connectivity index (χ0v) is 13.6. The molecule has 24 heavy (non-hydrogen) atoms. The Hall–Kier alpha value is -2.62. The van der Waals surface area contributed by atoms with E-state index in [-0.39, 0.29) is 5.91 Å². The highest BCUT2D eigenvalue weighted by Crippen LogP contribution is 2.22. The third-order valence-electron chi connectivity index (χ3n) is 4.67. The van der Waals surface area contributed by atoms with Crippen molar-refractivity contribution < 1.29 is 4.79 Å². The lowest BCUT2D eigenvalue weighted by molar-refractivity contribution is -0.120. The largest absolute Gasteiger partial charge is 0.349 e.